The van der Waals surface area contributed by atoms with Crippen molar-refractivity contribution in [2.75, 3.05) is 19.7 Å². The number of nitrogens with zero attached hydrogens (tertiary/aromatic N) is 2. The van der Waals surface area contributed by atoms with Crippen LogP contribution in [0.3, 0.4) is 0 Å². The van der Waals surface area contributed by atoms with Crippen LogP contribution in [0.25, 0.3) is 10.9 Å². The number of benzene rings is 1. The molecule has 5 heteroatoms. The highest BCUT2D eigenvalue weighted by molar-refractivity contribution is 5.83. The maximum Gasteiger partial charge on any atom is 0.137 e. The number of fused-ring (bicyclic) bond motifs is 1. The van der Waals surface area contributed by atoms with E-state index in [-0.39, 0.29) is 6.10 Å². The van der Waals surface area contributed by atoms with Crippen LogP contribution in [0.15, 0.2) is 36.8 Å². The second-order valence-corrected chi connectivity index (χ2v) is 7.05. The van der Waals surface area contributed by atoms with Crippen LogP contribution in [0.1, 0.15) is 29.5 Å². The number of hydrogen-bond acceptors (Lipinski definition) is 3. The van der Waals surface area contributed by atoms with Crippen LogP contribution in [0.2, 0.25) is 0 Å². The molecule has 0 bridgehead atoms. The molecule has 1 aliphatic heterocycles. The molecule has 0 radical (unpaired) electrons. The van der Waals surface area contributed by atoms with E-state index in [1.54, 1.807) is 0 Å². The summed E-state index contributed by atoms with van der Waals surface area (Å²) in [5, 5.41) is 4.96. The fourth-order valence-corrected chi connectivity index (χ4v) is 3.80. The minimum absolute atomic E-state index is 0.114. The Morgan fingerprint density at radius 2 is 2.32 bits per heavy atom. The maximum atomic E-state index is 5.93. The maximum absolute atomic E-state index is 5.93. The van der Waals surface area contributed by atoms with E-state index >= 15 is 0 Å². The second kappa shape index (κ2) is 7.02. The number of H-pyrrole nitrogens is 1. The Morgan fingerprint density at radius 1 is 1.40 bits per heavy atom. The molecule has 3 heterocycles. The lowest BCUT2D eigenvalue weighted by atomic mass is 10.0. The molecule has 5 nitrogen and oxygen atoms in total. The summed E-state index contributed by atoms with van der Waals surface area (Å²) in [5.74, 6) is 1.53. The van der Waals surface area contributed by atoms with Crippen molar-refractivity contribution in [1.29, 1.82) is 0 Å². The highest BCUT2D eigenvalue weighted by Gasteiger charge is 2.31. The van der Waals surface area contributed by atoms with Gasteiger partial charge in [-0.15, -0.1) is 0 Å². The Balaban J connectivity index is 1.32. The fraction of sp³-hybridized carbons (Fsp3) is 0.450. The smallest absolute Gasteiger partial charge is 0.137 e. The normalized spacial score (nSPS) is 20.6. The summed E-state index contributed by atoms with van der Waals surface area (Å²) in [5.41, 5.74) is 3.90. The largest absolute Gasteiger partial charge is 0.370 e. The zero-order valence-electron chi connectivity index (χ0n) is 15.0. The van der Waals surface area contributed by atoms with Crippen LogP contribution < -0.4 is 5.32 Å². The molecule has 0 spiro atoms. The first-order valence-corrected chi connectivity index (χ1v) is 9.08. The Kier molecular flexibility index (Phi) is 4.59. The van der Waals surface area contributed by atoms with E-state index in [1.807, 2.05) is 19.4 Å². The third-order valence-corrected chi connectivity index (χ3v) is 5.23. The van der Waals surface area contributed by atoms with Gasteiger partial charge < -0.3 is 19.6 Å². The van der Waals surface area contributed by atoms with Crippen molar-refractivity contribution in [2.24, 2.45) is 13.0 Å². The van der Waals surface area contributed by atoms with Gasteiger partial charge >= 0.3 is 0 Å². The first kappa shape index (κ1) is 16.4. The molecule has 0 saturated carbocycles. The second-order valence-electron chi connectivity index (χ2n) is 7.05. The SMILES string of the molecule is Cc1ccc2c(CCNC[C@@H]3CCO[C@H]3c3nccn3C)c[nH]c2c1. The van der Waals surface area contributed by atoms with Crippen molar-refractivity contribution in [3.8, 4) is 0 Å². The van der Waals surface area contributed by atoms with E-state index in [9.17, 15) is 0 Å². The predicted molar refractivity (Wildman–Crippen MR) is 99.6 cm³/mol. The van der Waals surface area contributed by atoms with Gasteiger partial charge in [0.25, 0.3) is 0 Å². The minimum atomic E-state index is 0.114. The van der Waals surface area contributed by atoms with Crippen molar-refractivity contribution in [3.05, 3.63) is 53.7 Å². The van der Waals surface area contributed by atoms with Crippen LogP contribution in [-0.4, -0.2) is 34.2 Å². The van der Waals surface area contributed by atoms with Crippen LogP contribution in [0, 0.1) is 12.8 Å². The van der Waals surface area contributed by atoms with E-state index in [2.05, 4.69) is 51.2 Å². The summed E-state index contributed by atoms with van der Waals surface area (Å²) in [6.07, 6.45) is 8.21. The van der Waals surface area contributed by atoms with Crippen LogP contribution in [-0.2, 0) is 18.2 Å². The van der Waals surface area contributed by atoms with Crippen molar-refractivity contribution in [2.45, 2.75) is 25.9 Å². The predicted octanol–water partition coefficient (Wildman–Crippen LogP) is 3.12. The van der Waals surface area contributed by atoms with E-state index in [0.717, 1.165) is 38.4 Å². The van der Waals surface area contributed by atoms with Gasteiger partial charge in [-0.2, -0.15) is 0 Å². The van der Waals surface area contributed by atoms with Gasteiger partial charge in [-0.25, -0.2) is 4.98 Å². The molecule has 0 amide bonds. The monoisotopic (exact) mass is 338 g/mol. The van der Waals surface area contributed by atoms with Gasteiger partial charge in [0.05, 0.1) is 0 Å². The zero-order chi connectivity index (χ0) is 17.2. The summed E-state index contributed by atoms with van der Waals surface area (Å²) in [6.45, 7) is 4.90. The lowest BCUT2D eigenvalue weighted by molar-refractivity contribution is 0.0812. The van der Waals surface area contributed by atoms with E-state index in [4.69, 9.17) is 4.74 Å². The molecule has 1 aliphatic rings. The first-order valence-electron chi connectivity index (χ1n) is 9.08. The molecule has 1 fully saturated rings. The average molecular weight is 338 g/mol. The lowest BCUT2D eigenvalue weighted by Crippen LogP contribution is -2.27. The fourth-order valence-electron chi connectivity index (χ4n) is 3.80. The summed E-state index contributed by atoms with van der Waals surface area (Å²) >= 11 is 0. The molecule has 3 aromatic rings. The van der Waals surface area contributed by atoms with Gasteiger partial charge in [-0.1, -0.05) is 12.1 Å². The van der Waals surface area contributed by atoms with Crippen LogP contribution in [0.4, 0.5) is 0 Å². The Hall–Kier alpha value is -2.11. The molecular weight excluding hydrogens is 312 g/mol. The standard InChI is InChI=1S/C20H26N4O/c1-14-3-4-17-15(13-23-18(17)11-14)5-7-21-12-16-6-10-25-19(16)20-22-8-9-24(20)2/h3-4,8-9,11,13,16,19,21,23H,5-7,10,12H2,1-2H3/t16-,19+/m0/s1. The third-order valence-electron chi connectivity index (χ3n) is 5.23. The molecule has 2 aromatic heterocycles. The minimum Gasteiger partial charge on any atom is -0.370 e. The molecule has 132 valence electrons. The van der Waals surface area contributed by atoms with Crippen molar-refractivity contribution in [1.82, 2.24) is 19.9 Å². The summed E-state index contributed by atoms with van der Waals surface area (Å²) < 4.78 is 8.00. The number of nitrogens with one attached hydrogen (secondary N) is 2. The molecule has 25 heavy (non-hydrogen) atoms. The Labute approximate surface area is 148 Å². The number of ether oxygens (including phenoxy) is 1. The zero-order valence-corrected chi connectivity index (χ0v) is 15.0. The quantitative estimate of drug-likeness (QED) is 0.679. The molecule has 1 saturated heterocycles. The van der Waals surface area contributed by atoms with Crippen LogP contribution >= 0.6 is 0 Å². The lowest BCUT2D eigenvalue weighted by Gasteiger charge is -2.18. The average Bonchev–Trinajstić information content (AvgIpc) is 3.31. The highest BCUT2D eigenvalue weighted by atomic mass is 16.5. The molecular formula is C20H26N4O. The van der Waals surface area contributed by atoms with Gasteiger partial charge in [0.15, 0.2) is 0 Å². The molecule has 4 rings (SSSR count). The Morgan fingerprint density at radius 3 is 3.16 bits per heavy atom. The Bertz CT molecular complexity index is 850. The summed E-state index contributed by atoms with van der Waals surface area (Å²) in [4.78, 5) is 7.85. The van der Waals surface area contributed by atoms with E-state index < -0.39 is 0 Å². The number of rotatable bonds is 6. The van der Waals surface area contributed by atoms with E-state index in [0.29, 0.717) is 5.92 Å². The van der Waals surface area contributed by atoms with Gasteiger partial charge in [0.2, 0.25) is 0 Å². The molecule has 2 atom stereocenters. The summed E-state index contributed by atoms with van der Waals surface area (Å²) in [7, 11) is 2.03. The van der Waals surface area contributed by atoms with Gasteiger partial charge in [0, 0.05) is 55.6 Å². The first-order chi connectivity index (χ1) is 12.2. The molecule has 1 aromatic carbocycles. The van der Waals surface area contributed by atoms with Crippen molar-refractivity contribution >= 4 is 10.9 Å². The molecule has 0 aliphatic carbocycles. The molecule has 2 N–H and O–H groups in total. The summed E-state index contributed by atoms with van der Waals surface area (Å²) in [6, 6.07) is 6.61. The third kappa shape index (κ3) is 3.34. The number of aromatic amines is 1. The van der Waals surface area contributed by atoms with Crippen molar-refractivity contribution in [3.63, 3.8) is 0 Å². The molecule has 0 unspecified atom stereocenters. The number of hydrogen-bond donors (Lipinski definition) is 2. The number of aryl methyl sites for hydroxylation is 2. The number of imidazole rings is 1. The number of aromatic nitrogens is 3. The van der Waals surface area contributed by atoms with Gasteiger partial charge in [-0.3, -0.25) is 0 Å². The van der Waals surface area contributed by atoms with Crippen LogP contribution in [0.5, 0.6) is 0 Å². The van der Waals surface area contributed by atoms with Gasteiger partial charge in [0.1, 0.15) is 11.9 Å². The highest BCUT2D eigenvalue weighted by Crippen LogP contribution is 2.32. The van der Waals surface area contributed by atoms with Gasteiger partial charge in [-0.05, 0) is 43.5 Å². The van der Waals surface area contributed by atoms with Crippen molar-refractivity contribution < 1.29 is 4.74 Å². The van der Waals surface area contributed by atoms with E-state index in [1.165, 1.54) is 22.0 Å². The topological polar surface area (TPSA) is 54.9 Å².